The average molecular weight is 678 g/mol. The number of nitrogens with zero attached hydrogens (tertiary/aromatic N) is 2. The number of allylic oxidation sites excluding steroid dienone is 1. The molecule has 1 fully saturated rings. The van der Waals surface area contributed by atoms with Gasteiger partial charge in [-0.2, -0.15) is 0 Å². The molecular weight excluding hydrogens is 638 g/mol. The highest BCUT2D eigenvalue weighted by molar-refractivity contribution is 6.00. The average Bonchev–Trinajstić information content (AvgIpc) is 3.77. The van der Waals surface area contributed by atoms with Crippen LogP contribution in [-0.4, -0.2) is 76.9 Å². The Morgan fingerprint density at radius 3 is 2.36 bits per heavy atom. The van der Waals surface area contributed by atoms with Gasteiger partial charge in [0.2, 0.25) is 11.8 Å². The van der Waals surface area contributed by atoms with Gasteiger partial charge in [0.15, 0.2) is 0 Å². The maximum atomic E-state index is 14.1. The first-order valence-corrected chi connectivity index (χ1v) is 16.5. The topological polar surface area (TPSA) is 150 Å². The SMILES string of the molecule is COC(=O)C1=C2CCC(C(=O)N[C@@H](Cc3c[nH]c4ccccc34)C(=O)N(C)Cc3ccccc3)N2C(=O)C(NC(=O)OCc2ccccc2)C1. The van der Waals surface area contributed by atoms with Crippen LogP contribution in [-0.2, 0) is 48.2 Å². The second-order valence-corrected chi connectivity index (χ2v) is 12.4. The number of rotatable bonds is 11. The summed E-state index contributed by atoms with van der Waals surface area (Å²) in [6, 6.07) is 23.1. The number of fused-ring (bicyclic) bond motifs is 2. The summed E-state index contributed by atoms with van der Waals surface area (Å²) >= 11 is 0. The number of hydrogen-bond acceptors (Lipinski definition) is 7. The van der Waals surface area contributed by atoms with E-state index in [1.54, 1.807) is 24.1 Å². The molecule has 12 heteroatoms. The highest BCUT2D eigenvalue weighted by Gasteiger charge is 2.47. The Morgan fingerprint density at radius 2 is 1.64 bits per heavy atom. The number of benzene rings is 3. The summed E-state index contributed by atoms with van der Waals surface area (Å²) in [4.78, 5) is 73.8. The summed E-state index contributed by atoms with van der Waals surface area (Å²) < 4.78 is 10.4. The predicted octanol–water partition coefficient (Wildman–Crippen LogP) is 3.97. The van der Waals surface area contributed by atoms with E-state index in [9.17, 15) is 24.0 Å². The van der Waals surface area contributed by atoms with E-state index >= 15 is 0 Å². The molecule has 3 N–H and O–H groups in total. The van der Waals surface area contributed by atoms with Crippen molar-refractivity contribution < 1.29 is 33.4 Å². The fraction of sp³-hybridized carbons (Fsp3) is 0.289. The van der Waals surface area contributed by atoms with Gasteiger partial charge in [-0.1, -0.05) is 78.9 Å². The van der Waals surface area contributed by atoms with E-state index in [1.165, 1.54) is 12.0 Å². The first-order chi connectivity index (χ1) is 24.2. The lowest BCUT2D eigenvalue weighted by molar-refractivity contribution is -0.142. The van der Waals surface area contributed by atoms with Gasteiger partial charge in [-0.25, -0.2) is 9.59 Å². The van der Waals surface area contributed by atoms with Crippen LogP contribution in [0.4, 0.5) is 4.79 Å². The minimum absolute atomic E-state index is 0.0160. The number of aromatic amines is 1. The van der Waals surface area contributed by atoms with Gasteiger partial charge in [-0.05, 0) is 35.6 Å². The molecule has 6 rings (SSSR count). The van der Waals surface area contributed by atoms with E-state index < -0.39 is 42.0 Å². The minimum atomic E-state index is -1.18. The molecule has 2 aliphatic rings. The molecule has 3 atom stereocenters. The normalized spacial score (nSPS) is 17.6. The van der Waals surface area contributed by atoms with Gasteiger partial charge < -0.3 is 34.9 Å². The second-order valence-electron chi connectivity index (χ2n) is 12.4. The van der Waals surface area contributed by atoms with Crippen molar-refractivity contribution in [2.45, 2.75) is 57.0 Å². The Hall–Kier alpha value is -5.91. The highest BCUT2D eigenvalue weighted by atomic mass is 16.5. The maximum Gasteiger partial charge on any atom is 0.408 e. The summed E-state index contributed by atoms with van der Waals surface area (Å²) in [6.45, 7) is 0.314. The first-order valence-electron chi connectivity index (χ1n) is 16.5. The van der Waals surface area contributed by atoms with Crippen molar-refractivity contribution in [1.82, 2.24) is 25.4 Å². The van der Waals surface area contributed by atoms with Crippen LogP contribution in [0.25, 0.3) is 10.9 Å². The third kappa shape index (κ3) is 7.39. The molecule has 4 amide bonds. The molecule has 258 valence electrons. The van der Waals surface area contributed by atoms with Gasteiger partial charge in [-0.3, -0.25) is 14.4 Å². The zero-order valence-corrected chi connectivity index (χ0v) is 27.9. The van der Waals surface area contributed by atoms with Crippen LogP contribution in [0.2, 0.25) is 0 Å². The molecule has 3 heterocycles. The lowest BCUT2D eigenvalue weighted by Crippen LogP contribution is -2.58. The lowest BCUT2D eigenvalue weighted by atomic mass is 9.97. The number of carbonyl (C=O) groups is 5. The van der Waals surface area contributed by atoms with Crippen LogP contribution >= 0.6 is 0 Å². The monoisotopic (exact) mass is 677 g/mol. The van der Waals surface area contributed by atoms with Gasteiger partial charge >= 0.3 is 12.1 Å². The van der Waals surface area contributed by atoms with E-state index in [4.69, 9.17) is 9.47 Å². The summed E-state index contributed by atoms with van der Waals surface area (Å²) in [7, 11) is 2.92. The quantitative estimate of drug-likeness (QED) is 0.203. The fourth-order valence-corrected chi connectivity index (χ4v) is 6.65. The summed E-state index contributed by atoms with van der Waals surface area (Å²) in [5.41, 5.74) is 4.01. The molecule has 50 heavy (non-hydrogen) atoms. The smallest absolute Gasteiger partial charge is 0.408 e. The number of nitrogens with one attached hydrogen (secondary N) is 3. The van der Waals surface area contributed by atoms with E-state index in [2.05, 4.69) is 15.6 Å². The molecule has 0 radical (unpaired) electrons. The Bertz CT molecular complexity index is 1920. The first kappa shape index (κ1) is 34.0. The Balaban J connectivity index is 1.23. The number of alkyl carbamates (subject to hydrolysis) is 1. The number of H-pyrrole nitrogens is 1. The van der Waals surface area contributed by atoms with Gasteiger partial charge in [0.05, 0.1) is 12.7 Å². The number of hydrogen-bond donors (Lipinski definition) is 3. The minimum Gasteiger partial charge on any atom is -0.466 e. The molecule has 1 aromatic heterocycles. The standard InChI is InChI=1S/C38H39N5O7/c1-42(22-24-11-5-3-6-12-24)35(45)30(19-26-21-39-29-16-10-9-15-27(26)29)40-34(44)33-18-17-32-28(37(47)49-2)20-31(36(46)43(32)33)41-38(48)50-23-25-13-7-4-8-14-25/h3-16,21,30-31,33,39H,17-20,22-23H2,1-2H3,(H,40,44)(H,41,48)/t30-,31?,33?/m0/s1. The van der Waals surface area contributed by atoms with Gasteiger partial charge in [-0.15, -0.1) is 0 Å². The molecule has 0 aliphatic carbocycles. The lowest BCUT2D eigenvalue weighted by Gasteiger charge is -2.35. The van der Waals surface area contributed by atoms with Crippen molar-refractivity contribution in [1.29, 1.82) is 0 Å². The molecule has 12 nitrogen and oxygen atoms in total. The second kappa shape index (κ2) is 15.1. The van der Waals surface area contributed by atoms with Crippen LogP contribution in [0, 0.1) is 0 Å². The molecule has 0 bridgehead atoms. The number of para-hydroxylation sites is 1. The van der Waals surface area contributed by atoms with E-state index in [0.717, 1.165) is 27.6 Å². The van der Waals surface area contributed by atoms with Gasteiger partial charge in [0.1, 0.15) is 24.7 Å². The maximum absolute atomic E-state index is 14.1. The molecule has 4 aromatic rings. The number of methoxy groups -OCH3 is 1. The molecular formula is C38H39N5O7. The highest BCUT2D eigenvalue weighted by Crippen LogP contribution is 2.37. The molecule has 0 spiro atoms. The summed E-state index contributed by atoms with van der Waals surface area (Å²) in [5, 5.41) is 6.45. The number of amides is 4. The number of ether oxygens (including phenoxy) is 2. The van der Waals surface area contributed by atoms with Crippen LogP contribution in [0.3, 0.4) is 0 Å². The Morgan fingerprint density at radius 1 is 0.960 bits per heavy atom. The van der Waals surface area contributed by atoms with Crippen LogP contribution in [0.15, 0.2) is 102 Å². The third-order valence-electron chi connectivity index (χ3n) is 9.14. The Labute approximate surface area is 289 Å². The van der Waals surface area contributed by atoms with E-state index in [0.29, 0.717) is 12.2 Å². The molecule has 2 aliphatic heterocycles. The number of carbonyl (C=O) groups excluding carboxylic acids is 5. The van der Waals surface area contributed by atoms with E-state index in [1.807, 2.05) is 79.0 Å². The van der Waals surface area contributed by atoms with Gasteiger partial charge in [0.25, 0.3) is 5.91 Å². The van der Waals surface area contributed by atoms with Crippen molar-refractivity contribution in [3.8, 4) is 0 Å². The zero-order valence-electron chi connectivity index (χ0n) is 27.9. The van der Waals surface area contributed by atoms with E-state index in [-0.39, 0.29) is 43.8 Å². The van der Waals surface area contributed by atoms with Crippen LogP contribution < -0.4 is 10.6 Å². The summed E-state index contributed by atoms with van der Waals surface area (Å²) in [6.07, 6.45) is 1.54. The van der Waals surface area contributed by atoms with Crippen molar-refractivity contribution >= 4 is 40.7 Å². The van der Waals surface area contributed by atoms with Crippen molar-refractivity contribution in [3.63, 3.8) is 0 Å². The largest absolute Gasteiger partial charge is 0.466 e. The fourth-order valence-electron chi connectivity index (χ4n) is 6.65. The van der Waals surface area contributed by atoms with Gasteiger partial charge in [0, 0.05) is 49.2 Å². The van der Waals surface area contributed by atoms with Crippen LogP contribution in [0.1, 0.15) is 36.0 Å². The molecule has 0 saturated carbocycles. The number of likely N-dealkylation sites (N-methyl/N-ethyl adjacent to an activating group) is 1. The zero-order chi connectivity index (χ0) is 35.2. The van der Waals surface area contributed by atoms with Crippen LogP contribution in [0.5, 0.6) is 0 Å². The molecule has 1 saturated heterocycles. The van der Waals surface area contributed by atoms with Crippen molar-refractivity contribution in [2.24, 2.45) is 0 Å². The predicted molar refractivity (Wildman–Crippen MR) is 184 cm³/mol. The third-order valence-corrected chi connectivity index (χ3v) is 9.14. The molecule has 3 aromatic carbocycles. The number of esters is 1. The van der Waals surface area contributed by atoms with Crippen molar-refractivity contribution in [3.05, 3.63) is 119 Å². The molecule has 2 unspecified atom stereocenters. The Kier molecular flexibility index (Phi) is 10.3. The number of aromatic nitrogens is 1. The van der Waals surface area contributed by atoms with Crippen molar-refractivity contribution in [2.75, 3.05) is 14.2 Å². The summed E-state index contributed by atoms with van der Waals surface area (Å²) in [5.74, 6) is -2.06.